The van der Waals surface area contributed by atoms with Crippen LogP contribution < -0.4 is 20.2 Å². The van der Waals surface area contributed by atoms with Crippen LogP contribution in [0.15, 0.2) is 71.1 Å². The lowest BCUT2D eigenvalue weighted by Crippen LogP contribution is -2.47. The number of carbonyl (C=O) groups excluding carboxylic acids is 1. The Morgan fingerprint density at radius 2 is 1.70 bits per heavy atom. The van der Waals surface area contributed by atoms with Crippen LogP contribution in [-0.4, -0.2) is 76.6 Å². The summed E-state index contributed by atoms with van der Waals surface area (Å²) in [5.41, 5.74) is 5.43. The fraction of sp³-hybridized carbons (Fsp3) is 0.475. The molecule has 1 aliphatic carbocycles. The number of benzene rings is 3. The lowest BCUT2D eigenvalue weighted by Gasteiger charge is -2.39. The molecule has 1 unspecified atom stereocenters. The molecule has 6 rings (SSSR count). The molecule has 2 N–H and O–H groups in total. The van der Waals surface area contributed by atoms with Gasteiger partial charge < -0.3 is 15.0 Å². The van der Waals surface area contributed by atoms with Crippen molar-refractivity contribution < 1.29 is 22.9 Å². The molecule has 0 aromatic heterocycles. The average Bonchev–Trinajstić information content (AvgIpc) is 3.16. The molecule has 0 spiro atoms. The molecule has 11 nitrogen and oxygen atoms in total. The monoisotopic (exact) mass is 797 g/mol. The first-order chi connectivity index (χ1) is 25.8. The molecule has 0 saturated carbocycles. The van der Waals surface area contributed by atoms with E-state index in [0.717, 1.165) is 75.2 Å². The van der Waals surface area contributed by atoms with Gasteiger partial charge in [-0.1, -0.05) is 57.0 Å². The van der Waals surface area contributed by atoms with E-state index in [1.54, 1.807) is 6.07 Å². The third-order valence-electron chi connectivity index (χ3n) is 10.4. The van der Waals surface area contributed by atoms with E-state index in [4.69, 9.17) is 16.3 Å². The quantitative estimate of drug-likeness (QED) is 0.115. The third kappa shape index (κ3) is 10.6. The van der Waals surface area contributed by atoms with Crippen molar-refractivity contribution in [1.29, 1.82) is 0 Å². The number of hydrogen-bond donors (Lipinski definition) is 2. The Morgan fingerprint density at radius 1 is 1.02 bits per heavy atom. The van der Waals surface area contributed by atoms with Crippen LogP contribution in [0.2, 0.25) is 5.02 Å². The third-order valence-corrected chi connectivity index (χ3v) is 12.5. The number of hydrogen-bond acceptors (Lipinski definition) is 9. The van der Waals surface area contributed by atoms with Crippen LogP contribution in [0.4, 0.5) is 17.1 Å². The number of nitrogens with one attached hydrogen (secondary N) is 2. The SMILES string of the molecule is CC.CC1(C)CCC(CN2CCN(c3ccc(C(=O)NS(=O)(=O)c4ccc(NCC5CCOCC5)c([N+](=O)[O-])c4)c(P)c3)CC2)=C(c2ccc(Cl)cc2)C1. The smallest absolute Gasteiger partial charge is 0.293 e. The molecule has 0 bridgehead atoms. The van der Waals surface area contributed by atoms with Crippen LogP contribution in [-0.2, 0) is 14.8 Å². The highest BCUT2D eigenvalue weighted by Crippen LogP contribution is 2.43. The molecule has 2 fully saturated rings. The van der Waals surface area contributed by atoms with Crippen molar-refractivity contribution in [1.82, 2.24) is 9.62 Å². The molecule has 14 heteroatoms. The van der Waals surface area contributed by atoms with Gasteiger partial charge in [0.25, 0.3) is 21.6 Å². The van der Waals surface area contributed by atoms with E-state index in [1.807, 2.05) is 38.1 Å². The summed E-state index contributed by atoms with van der Waals surface area (Å²) in [6.45, 7) is 14.8. The van der Waals surface area contributed by atoms with Crippen LogP contribution in [0.5, 0.6) is 0 Å². The number of ether oxygens (including phenoxy) is 1. The normalized spacial score (nSPS) is 18.1. The van der Waals surface area contributed by atoms with Crippen molar-refractivity contribution in [2.24, 2.45) is 11.3 Å². The van der Waals surface area contributed by atoms with Crippen molar-refractivity contribution in [2.45, 2.75) is 64.7 Å². The highest BCUT2D eigenvalue weighted by atomic mass is 35.5. The lowest BCUT2D eigenvalue weighted by molar-refractivity contribution is -0.384. The van der Waals surface area contributed by atoms with Gasteiger partial charge in [0.1, 0.15) is 5.69 Å². The second-order valence-corrected chi connectivity index (χ2v) is 17.5. The number of nitrogens with zero attached hydrogens (tertiary/aromatic N) is 3. The first-order valence-corrected chi connectivity index (χ1v) is 21.2. The number of carbonyl (C=O) groups is 1. The molecule has 54 heavy (non-hydrogen) atoms. The molecular weight excluding hydrogens is 745 g/mol. The number of nitro benzene ring substituents is 1. The zero-order chi connectivity index (χ0) is 39.0. The van der Waals surface area contributed by atoms with Gasteiger partial charge in [-0.05, 0) is 102 Å². The molecule has 3 aromatic rings. The fourth-order valence-electron chi connectivity index (χ4n) is 7.27. The van der Waals surface area contributed by atoms with E-state index < -0.39 is 20.9 Å². The Labute approximate surface area is 327 Å². The Bertz CT molecular complexity index is 1940. The van der Waals surface area contributed by atoms with E-state index >= 15 is 0 Å². The van der Waals surface area contributed by atoms with E-state index in [2.05, 4.69) is 55.1 Å². The van der Waals surface area contributed by atoms with Crippen LogP contribution in [0, 0.1) is 21.4 Å². The summed E-state index contributed by atoms with van der Waals surface area (Å²) in [6, 6.07) is 17.1. The molecule has 3 aliphatic rings. The first-order valence-electron chi connectivity index (χ1n) is 18.8. The molecule has 3 aromatic carbocycles. The highest BCUT2D eigenvalue weighted by Gasteiger charge is 2.30. The van der Waals surface area contributed by atoms with E-state index in [0.29, 0.717) is 31.0 Å². The van der Waals surface area contributed by atoms with Gasteiger partial charge >= 0.3 is 0 Å². The second kappa shape index (κ2) is 18.4. The Kier molecular flexibility index (Phi) is 14.2. The van der Waals surface area contributed by atoms with Crippen LogP contribution in [0.3, 0.4) is 0 Å². The van der Waals surface area contributed by atoms with Gasteiger partial charge in [0, 0.05) is 74.8 Å². The van der Waals surface area contributed by atoms with Gasteiger partial charge in [0.05, 0.1) is 9.82 Å². The number of anilines is 2. The van der Waals surface area contributed by atoms with Crippen LogP contribution in [0.1, 0.15) is 75.7 Å². The first kappa shape index (κ1) is 41.6. The minimum atomic E-state index is -4.40. The maximum atomic E-state index is 13.2. The van der Waals surface area contributed by atoms with Gasteiger partial charge in [0.15, 0.2) is 0 Å². The topological polar surface area (TPSA) is 134 Å². The van der Waals surface area contributed by atoms with Crippen molar-refractivity contribution in [3.05, 3.63) is 92.5 Å². The number of amides is 1. The summed E-state index contributed by atoms with van der Waals surface area (Å²) in [6.07, 6.45) is 4.98. The van der Waals surface area contributed by atoms with E-state index in [1.165, 1.54) is 35.3 Å². The molecule has 2 aliphatic heterocycles. The Morgan fingerprint density at radius 3 is 2.35 bits per heavy atom. The minimum Gasteiger partial charge on any atom is -0.381 e. The van der Waals surface area contributed by atoms with Gasteiger partial charge in [-0.15, -0.1) is 9.24 Å². The summed E-state index contributed by atoms with van der Waals surface area (Å²) in [4.78, 5) is 28.9. The standard InChI is InChI=1S/C38H47ClN5O6PS.C2H6/c1-38(2)14-11-28(33(23-38)27-3-5-29(39)6-4-27)25-42-15-17-43(18-16-42)30-7-9-32(36(51)21-30)37(45)41-52(48,49)31-8-10-34(35(22-31)44(46)47)40-24-26-12-19-50-20-13-26;1-2/h3-10,21-22,26,40H,11-20,23-25,51H2,1-2H3,(H,41,45);1-2H3. The molecule has 1 atom stereocenters. The van der Waals surface area contributed by atoms with E-state index in [-0.39, 0.29) is 27.2 Å². The highest BCUT2D eigenvalue weighted by molar-refractivity contribution is 7.90. The summed E-state index contributed by atoms with van der Waals surface area (Å²) in [7, 11) is -1.86. The van der Waals surface area contributed by atoms with E-state index in [9.17, 15) is 23.3 Å². The summed E-state index contributed by atoms with van der Waals surface area (Å²) < 4.78 is 33.9. The van der Waals surface area contributed by atoms with Gasteiger partial charge in [-0.3, -0.25) is 19.8 Å². The van der Waals surface area contributed by atoms with Crippen molar-refractivity contribution in [3.8, 4) is 0 Å². The fourth-order valence-corrected chi connectivity index (χ4v) is 8.78. The molecule has 292 valence electrons. The van der Waals surface area contributed by atoms with Gasteiger partial charge in [-0.2, -0.15) is 0 Å². The lowest BCUT2D eigenvalue weighted by atomic mass is 9.72. The maximum Gasteiger partial charge on any atom is 0.293 e. The van der Waals surface area contributed by atoms with Gasteiger partial charge in [-0.25, -0.2) is 13.1 Å². The number of halogens is 1. The number of allylic oxidation sites excluding steroid dienone is 1. The summed E-state index contributed by atoms with van der Waals surface area (Å²) in [5.74, 6) is -0.508. The number of piperazine rings is 1. The van der Waals surface area contributed by atoms with Gasteiger partial charge in [0.2, 0.25) is 0 Å². The largest absolute Gasteiger partial charge is 0.381 e. The summed E-state index contributed by atoms with van der Waals surface area (Å²) in [5, 5.41) is 16.2. The Balaban J connectivity index is 0.00000276. The Hall–Kier alpha value is -3.54. The van der Waals surface area contributed by atoms with Crippen LogP contribution in [0.25, 0.3) is 5.57 Å². The molecular formula is C40H53ClN5O6PS. The zero-order valence-electron chi connectivity index (χ0n) is 31.7. The minimum absolute atomic E-state index is 0.182. The van der Waals surface area contributed by atoms with Crippen LogP contribution >= 0.6 is 20.8 Å². The zero-order valence-corrected chi connectivity index (χ0v) is 34.4. The average molecular weight is 798 g/mol. The maximum absolute atomic E-state index is 13.2. The number of sulfonamides is 1. The summed E-state index contributed by atoms with van der Waals surface area (Å²) >= 11 is 6.19. The molecule has 2 heterocycles. The van der Waals surface area contributed by atoms with Crippen molar-refractivity contribution in [2.75, 3.05) is 62.7 Å². The predicted octanol–water partition coefficient (Wildman–Crippen LogP) is 7.52. The number of nitro groups is 1. The molecule has 0 radical (unpaired) electrons. The van der Waals surface area contributed by atoms with Crippen molar-refractivity contribution in [3.63, 3.8) is 0 Å². The predicted molar refractivity (Wildman–Crippen MR) is 222 cm³/mol. The molecule has 2 saturated heterocycles. The van der Waals surface area contributed by atoms with Crippen molar-refractivity contribution >= 4 is 64.7 Å². The molecule has 1 amide bonds. The number of rotatable bonds is 11. The second-order valence-electron chi connectivity index (χ2n) is 14.8.